The van der Waals surface area contributed by atoms with Gasteiger partial charge >= 0.3 is 0 Å². The number of aryl methyl sites for hydroxylation is 2. The smallest absolute Gasteiger partial charge is 0.180 e. The maximum absolute atomic E-state index is 15.9. The van der Waals surface area contributed by atoms with Crippen LogP contribution in [0.2, 0.25) is 0 Å². The van der Waals surface area contributed by atoms with Crippen LogP contribution in [0.5, 0.6) is 0 Å². The molecule has 22 heavy (non-hydrogen) atoms. The third kappa shape index (κ3) is 1.93. The fraction of sp³-hybridized carbons (Fsp3) is 0.368. The van der Waals surface area contributed by atoms with Crippen LogP contribution in [0.15, 0.2) is 36.4 Å². The standard InChI is InChI=1S/C19H23FN2/c1-14-4-6-18-17(11-14)13-22(20)9-8-21(18,3)12-16-10-15(2)5-7-19(16)22/h4-7,10-11H,8-9,12-13H2,1-3H3/q+2. The van der Waals surface area contributed by atoms with E-state index in [0.717, 1.165) is 34.4 Å². The Balaban J connectivity index is 1.99. The van der Waals surface area contributed by atoms with Crippen LogP contribution < -0.4 is 9.19 Å². The molecule has 2 aliphatic rings. The average Bonchev–Trinajstić information content (AvgIpc) is 2.61. The number of fused-ring (bicyclic) bond motifs is 7. The Labute approximate surface area is 131 Å². The van der Waals surface area contributed by atoms with E-state index in [1.807, 2.05) is 12.1 Å². The molecule has 114 valence electrons. The van der Waals surface area contributed by atoms with E-state index in [9.17, 15) is 0 Å². The van der Waals surface area contributed by atoms with Gasteiger partial charge < -0.3 is 0 Å². The summed E-state index contributed by atoms with van der Waals surface area (Å²) in [5.74, 6) is 0. The third-order valence-corrected chi connectivity index (χ3v) is 5.37. The first-order valence-corrected chi connectivity index (χ1v) is 8.01. The Bertz CT molecular complexity index is 705. The number of quaternary nitrogens is 2. The molecule has 0 spiro atoms. The lowest BCUT2D eigenvalue weighted by Crippen LogP contribution is -2.47. The number of halogens is 1. The quantitative estimate of drug-likeness (QED) is 0.506. The number of nitrogens with zero attached hydrogens (tertiary/aromatic N) is 2. The first kappa shape index (κ1) is 13.9. The summed E-state index contributed by atoms with van der Waals surface area (Å²) >= 11 is 0. The summed E-state index contributed by atoms with van der Waals surface area (Å²) in [7, 11) is 2.25. The van der Waals surface area contributed by atoms with Crippen LogP contribution in [0.3, 0.4) is 0 Å². The predicted molar refractivity (Wildman–Crippen MR) is 90.1 cm³/mol. The van der Waals surface area contributed by atoms with Crippen LogP contribution in [-0.4, -0.2) is 20.1 Å². The van der Waals surface area contributed by atoms with Crippen LogP contribution in [0.4, 0.5) is 15.9 Å². The van der Waals surface area contributed by atoms with Crippen LogP contribution in [0, 0.1) is 13.8 Å². The van der Waals surface area contributed by atoms with Crippen LogP contribution in [-0.2, 0) is 13.1 Å². The second-order valence-corrected chi connectivity index (χ2v) is 7.29. The molecular weight excluding hydrogens is 275 g/mol. The minimum absolute atomic E-state index is 0.445. The highest BCUT2D eigenvalue weighted by Gasteiger charge is 2.48. The molecule has 0 saturated carbocycles. The molecule has 0 amide bonds. The normalized spacial score (nSPS) is 29.5. The number of rotatable bonds is 0. The Hall–Kier alpha value is -1.71. The summed E-state index contributed by atoms with van der Waals surface area (Å²) in [4.78, 5) is 0. The highest BCUT2D eigenvalue weighted by molar-refractivity contribution is 5.60. The number of hydrogen-bond donors (Lipinski definition) is 0. The van der Waals surface area contributed by atoms with Crippen molar-refractivity contribution in [3.8, 4) is 0 Å². The molecule has 0 aromatic heterocycles. The predicted octanol–water partition coefficient (Wildman–Crippen LogP) is 4.16. The Morgan fingerprint density at radius 1 is 0.818 bits per heavy atom. The van der Waals surface area contributed by atoms with Gasteiger partial charge in [-0.1, -0.05) is 28.0 Å². The molecule has 4 rings (SSSR count). The maximum Gasteiger partial charge on any atom is 0.180 e. The summed E-state index contributed by atoms with van der Waals surface area (Å²) in [5, 5.41) is 0. The van der Waals surface area contributed by atoms with E-state index >= 15 is 4.48 Å². The van der Waals surface area contributed by atoms with Gasteiger partial charge in [0.1, 0.15) is 18.8 Å². The first-order chi connectivity index (χ1) is 10.4. The molecule has 2 nitrogen and oxygen atoms in total. The van der Waals surface area contributed by atoms with E-state index in [1.165, 1.54) is 16.8 Å². The Morgan fingerprint density at radius 2 is 1.41 bits per heavy atom. The van der Waals surface area contributed by atoms with Gasteiger partial charge in [0.15, 0.2) is 18.8 Å². The molecule has 0 N–H and O–H groups in total. The van der Waals surface area contributed by atoms with E-state index in [-0.39, 0.29) is 0 Å². The molecule has 2 aliphatic heterocycles. The van der Waals surface area contributed by atoms with Crippen LogP contribution in [0.25, 0.3) is 0 Å². The highest BCUT2D eigenvalue weighted by Crippen LogP contribution is 2.43. The fourth-order valence-electron chi connectivity index (χ4n) is 4.19. The molecule has 2 unspecified atom stereocenters. The third-order valence-electron chi connectivity index (χ3n) is 5.37. The second kappa shape index (κ2) is 4.40. The van der Waals surface area contributed by atoms with Crippen molar-refractivity contribution >= 4 is 11.4 Å². The maximum atomic E-state index is 15.9. The van der Waals surface area contributed by atoms with Gasteiger partial charge in [0, 0.05) is 10.5 Å². The lowest BCUT2D eigenvalue weighted by Gasteiger charge is -2.33. The minimum Gasteiger partial charge on any atom is -0.284 e. The molecule has 0 radical (unpaired) electrons. The van der Waals surface area contributed by atoms with Crippen molar-refractivity contribution in [3.05, 3.63) is 58.7 Å². The largest absolute Gasteiger partial charge is 0.284 e. The van der Waals surface area contributed by atoms with Crippen molar-refractivity contribution in [2.45, 2.75) is 26.9 Å². The van der Waals surface area contributed by atoms with E-state index < -0.39 is 4.71 Å². The molecule has 2 heterocycles. The molecule has 0 fully saturated rings. The molecule has 3 heteroatoms. The van der Waals surface area contributed by atoms with Gasteiger partial charge in [0.05, 0.1) is 18.2 Å². The molecule has 0 saturated heterocycles. The van der Waals surface area contributed by atoms with Crippen molar-refractivity contribution in [2.24, 2.45) is 0 Å². The molecule has 2 atom stereocenters. The average molecular weight is 298 g/mol. The van der Waals surface area contributed by atoms with Gasteiger partial charge in [-0.05, 0) is 32.0 Å². The van der Waals surface area contributed by atoms with Gasteiger partial charge in [-0.3, -0.25) is 4.48 Å². The number of likely N-dealkylation sites (N-methyl/N-ethyl adjacent to an activating group) is 1. The Morgan fingerprint density at radius 3 is 2.09 bits per heavy atom. The lowest BCUT2D eigenvalue weighted by atomic mass is 10.0. The van der Waals surface area contributed by atoms with Crippen molar-refractivity contribution in [1.82, 2.24) is 9.19 Å². The summed E-state index contributed by atoms with van der Waals surface area (Å²) in [6.07, 6.45) is 0. The fourth-order valence-corrected chi connectivity index (χ4v) is 4.19. The topological polar surface area (TPSA) is 0 Å². The van der Waals surface area contributed by atoms with Crippen molar-refractivity contribution in [3.63, 3.8) is 0 Å². The van der Waals surface area contributed by atoms with Crippen molar-refractivity contribution in [2.75, 3.05) is 20.1 Å². The van der Waals surface area contributed by atoms with E-state index in [1.54, 1.807) is 0 Å². The molecular formula is C19H23FN2+2. The van der Waals surface area contributed by atoms with Gasteiger partial charge in [-0.2, -0.15) is 0 Å². The van der Waals surface area contributed by atoms with E-state index in [4.69, 9.17) is 0 Å². The van der Waals surface area contributed by atoms with E-state index in [0.29, 0.717) is 13.1 Å². The zero-order chi connectivity index (χ0) is 15.5. The summed E-state index contributed by atoms with van der Waals surface area (Å²) in [6, 6.07) is 12.8. The zero-order valence-electron chi connectivity index (χ0n) is 13.6. The molecule has 2 aromatic rings. The zero-order valence-corrected chi connectivity index (χ0v) is 13.6. The summed E-state index contributed by atoms with van der Waals surface area (Å²) in [6.45, 7) is 6.87. The molecule has 0 aliphatic carbocycles. The van der Waals surface area contributed by atoms with Crippen LogP contribution in [0.1, 0.15) is 22.3 Å². The minimum atomic E-state index is -0.458. The SMILES string of the molecule is Cc1ccc2c(c1)C[N+]1(F)CC[N+]2(C)Cc2cc(C)ccc21. The number of benzene rings is 2. The van der Waals surface area contributed by atoms with Crippen molar-refractivity contribution < 1.29 is 4.48 Å². The van der Waals surface area contributed by atoms with Crippen molar-refractivity contribution in [1.29, 1.82) is 0 Å². The highest BCUT2D eigenvalue weighted by atomic mass is 19.2. The Kier molecular flexibility index (Phi) is 2.78. The summed E-state index contributed by atoms with van der Waals surface area (Å²) in [5.41, 5.74) is 6.89. The second-order valence-electron chi connectivity index (χ2n) is 7.29. The van der Waals surface area contributed by atoms with Gasteiger partial charge in [-0.25, -0.2) is 0 Å². The van der Waals surface area contributed by atoms with Gasteiger partial charge in [-0.15, -0.1) is 0 Å². The summed E-state index contributed by atoms with van der Waals surface area (Å²) < 4.78 is 16.2. The van der Waals surface area contributed by atoms with Crippen LogP contribution >= 0.6 is 0 Å². The molecule has 2 aromatic carbocycles. The van der Waals surface area contributed by atoms with Gasteiger partial charge in [0.25, 0.3) is 0 Å². The first-order valence-electron chi connectivity index (χ1n) is 8.01. The van der Waals surface area contributed by atoms with E-state index in [2.05, 4.69) is 45.2 Å². The van der Waals surface area contributed by atoms with Gasteiger partial charge in [0.2, 0.25) is 0 Å². The lowest BCUT2D eigenvalue weighted by molar-refractivity contribution is 0.0270. The number of hydrogen-bond acceptors (Lipinski definition) is 0. The molecule has 2 bridgehead atoms. The monoisotopic (exact) mass is 298 g/mol.